The normalized spacial score (nSPS) is 10.8. The second-order valence-electron chi connectivity index (χ2n) is 5.40. The first-order valence-electron chi connectivity index (χ1n) is 8.20. The van der Waals surface area contributed by atoms with Gasteiger partial charge in [-0.25, -0.2) is 14.8 Å². The molecular formula is C17H25N5O. The van der Waals surface area contributed by atoms with E-state index in [1.165, 1.54) is 0 Å². The summed E-state index contributed by atoms with van der Waals surface area (Å²) in [5.74, 6) is 0.936. The van der Waals surface area contributed by atoms with E-state index in [1.54, 1.807) is 4.57 Å². The molecular weight excluding hydrogens is 290 g/mol. The SMILES string of the molecule is CCCNNc1nc(C)n(-c2c(CC)cccc2CC)c(=O)n1. The fourth-order valence-corrected chi connectivity index (χ4v) is 2.59. The van der Waals surface area contributed by atoms with Crippen LogP contribution in [0.5, 0.6) is 0 Å². The van der Waals surface area contributed by atoms with Gasteiger partial charge in [0.2, 0.25) is 5.95 Å². The standard InChI is InChI=1S/C17H25N5O/c1-5-11-18-21-16-19-12(4)22(17(23)20-16)15-13(6-2)9-8-10-14(15)7-3/h8-10,18H,5-7,11H2,1-4H3,(H,20,21,23). The van der Waals surface area contributed by atoms with E-state index in [0.29, 0.717) is 11.8 Å². The number of hydrazine groups is 1. The molecule has 6 heteroatoms. The predicted octanol–water partition coefficient (Wildman–Crippen LogP) is 2.39. The van der Waals surface area contributed by atoms with Gasteiger partial charge in [-0.05, 0) is 37.3 Å². The number of nitrogens with zero attached hydrogens (tertiary/aromatic N) is 3. The van der Waals surface area contributed by atoms with E-state index in [4.69, 9.17) is 0 Å². The molecule has 0 spiro atoms. The van der Waals surface area contributed by atoms with Gasteiger partial charge < -0.3 is 0 Å². The molecule has 0 fully saturated rings. The highest BCUT2D eigenvalue weighted by Crippen LogP contribution is 2.21. The third kappa shape index (κ3) is 3.76. The van der Waals surface area contributed by atoms with Gasteiger partial charge in [0.25, 0.3) is 0 Å². The van der Waals surface area contributed by atoms with E-state index in [0.717, 1.165) is 42.6 Å². The van der Waals surface area contributed by atoms with Crippen LogP contribution < -0.4 is 16.5 Å². The number of nitrogens with one attached hydrogen (secondary N) is 2. The van der Waals surface area contributed by atoms with Crippen LogP contribution >= 0.6 is 0 Å². The maximum Gasteiger partial charge on any atom is 0.356 e. The molecule has 0 unspecified atom stereocenters. The van der Waals surface area contributed by atoms with Crippen LogP contribution in [-0.4, -0.2) is 21.1 Å². The topological polar surface area (TPSA) is 71.8 Å². The zero-order valence-electron chi connectivity index (χ0n) is 14.3. The Morgan fingerprint density at radius 1 is 1.09 bits per heavy atom. The molecule has 0 aliphatic rings. The van der Waals surface area contributed by atoms with Gasteiger partial charge in [-0.3, -0.25) is 5.43 Å². The van der Waals surface area contributed by atoms with Crippen LogP contribution in [0, 0.1) is 6.92 Å². The summed E-state index contributed by atoms with van der Waals surface area (Å²) in [7, 11) is 0. The molecule has 1 aromatic heterocycles. The summed E-state index contributed by atoms with van der Waals surface area (Å²) in [5, 5.41) is 0. The number of rotatable bonds is 7. The largest absolute Gasteiger partial charge is 0.356 e. The monoisotopic (exact) mass is 315 g/mol. The van der Waals surface area contributed by atoms with Crippen LogP contribution in [-0.2, 0) is 12.8 Å². The van der Waals surface area contributed by atoms with E-state index in [2.05, 4.69) is 53.7 Å². The van der Waals surface area contributed by atoms with Crippen LogP contribution in [0.25, 0.3) is 5.69 Å². The minimum absolute atomic E-state index is 0.309. The average molecular weight is 315 g/mol. The van der Waals surface area contributed by atoms with Gasteiger partial charge >= 0.3 is 5.69 Å². The molecule has 0 amide bonds. The van der Waals surface area contributed by atoms with Gasteiger partial charge in [-0.1, -0.05) is 39.0 Å². The Morgan fingerprint density at radius 3 is 2.26 bits per heavy atom. The number of anilines is 1. The summed E-state index contributed by atoms with van der Waals surface area (Å²) in [6, 6.07) is 6.14. The number of para-hydroxylation sites is 1. The third-order valence-electron chi connectivity index (χ3n) is 3.75. The molecule has 1 aromatic carbocycles. The zero-order valence-corrected chi connectivity index (χ0v) is 14.3. The Bertz CT molecular complexity index is 701. The van der Waals surface area contributed by atoms with Crippen LogP contribution in [0.3, 0.4) is 0 Å². The lowest BCUT2D eigenvalue weighted by Gasteiger charge is -2.17. The highest BCUT2D eigenvalue weighted by atomic mass is 16.1. The quantitative estimate of drug-likeness (QED) is 0.606. The highest BCUT2D eigenvalue weighted by Gasteiger charge is 2.14. The molecule has 1 heterocycles. The second kappa shape index (κ2) is 7.87. The number of aryl methyl sites for hydroxylation is 3. The first-order valence-corrected chi connectivity index (χ1v) is 8.20. The molecule has 23 heavy (non-hydrogen) atoms. The zero-order chi connectivity index (χ0) is 16.8. The van der Waals surface area contributed by atoms with Gasteiger partial charge in [0.15, 0.2) is 0 Å². The minimum Gasteiger partial charge on any atom is -0.289 e. The van der Waals surface area contributed by atoms with Crippen molar-refractivity contribution in [2.75, 3.05) is 12.0 Å². The molecule has 0 atom stereocenters. The summed E-state index contributed by atoms with van der Waals surface area (Å²) in [6.07, 6.45) is 2.69. The van der Waals surface area contributed by atoms with Gasteiger partial charge in [0.05, 0.1) is 5.69 Å². The van der Waals surface area contributed by atoms with Crippen molar-refractivity contribution >= 4 is 5.95 Å². The van der Waals surface area contributed by atoms with Crippen LogP contribution in [0.2, 0.25) is 0 Å². The van der Waals surface area contributed by atoms with Gasteiger partial charge in [0, 0.05) is 6.54 Å². The summed E-state index contributed by atoms with van der Waals surface area (Å²) in [5.41, 5.74) is 8.73. The Hall–Kier alpha value is -2.21. The smallest absolute Gasteiger partial charge is 0.289 e. The summed E-state index contributed by atoms with van der Waals surface area (Å²) < 4.78 is 1.61. The Labute approximate surface area is 137 Å². The van der Waals surface area contributed by atoms with Gasteiger partial charge in [0.1, 0.15) is 5.82 Å². The summed E-state index contributed by atoms with van der Waals surface area (Å²) >= 11 is 0. The van der Waals surface area contributed by atoms with E-state index in [-0.39, 0.29) is 5.69 Å². The summed E-state index contributed by atoms with van der Waals surface area (Å²) in [4.78, 5) is 21.0. The Balaban J connectivity index is 2.51. The predicted molar refractivity (Wildman–Crippen MR) is 93.0 cm³/mol. The minimum atomic E-state index is -0.311. The lowest BCUT2D eigenvalue weighted by Crippen LogP contribution is -2.31. The van der Waals surface area contributed by atoms with Crippen molar-refractivity contribution in [1.82, 2.24) is 20.0 Å². The maximum absolute atomic E-state index is 12.6. The molecule has 0 radical (unpaired) electrons. The van der Waals surface area contributed by atoms with E-state index < -0.39 is 0 Å². The molecule has 2 N–H and O–H groups in total. The van der Waals surface area contributed by atoms with E-state index >= 15 is 0 Å². The second-order valence-corrected chi connectivity index (χ2v) is 5.40. The lowest BCUT2D eigenvalue weighted by molar-refractivity contribution is 0.729. The van der Waals surface area contributed by atoms with Gasteiger partial charge in [-0.15, -0.1) is 0 Å². The van der Waals surface area contributed by atoms with Crippen molar-refractivity contribution in [1.29, 1.82) is 0 Å². The molecule has 0 bridgehead atoms. The Kier molecular flexibility index (Phi) is 5.87. The van der Waals surface area contributed by atoms with Crippen molar-refractivity contribution in [3.05, 3.63) is 45.6 Å². The molecule has 2 aromatic rings. The third-order valence-corrected chi connectivity index (χ3v) is 3.75. The number of hydrogen-bond donors (Lipinski definition) is 2. The van der Waals surface area contributed by atoms with Crippen molar-refractivity contribution in [3.8, 4) is 5.69 Å². The van der Waals surface area contributed by atoms with E-state index in [9.17, 15) is 4.79 Å². The lowest BCUT2D eigenvalue weighted by atomic mass is 10.0. The van der Waals surface area contributed by atoms with Gasteiger partial charge in [-0.2, -0.15) is 9.97 Å². The van der Waals surface area contributed by atoms with Crippen molar-refractivity contribution < 1.29 is 0 Å². The molecule has 6 nitrogen and oxygen atoms in total. The van der Waals surface area contributed by atoms with Crippen molar-refractivity contribution in [2.24, 2.45) is 0 Å². The molecule has 0 saturated carbocycles. The maximum atomic E-state index is 12.6. The number of benzene rings is 1. The fourth-order valence-electron chi connectivity index (χ4n) is 2.59. The number of aromatic nitrogens is 3. The average Bonchev–Trinajstić information content (AvgIpc) is 2.54. The summed E-state index contributed by atoms with van der Waals surface area (Å²) in [6.45, 7) is 8.85. The highest BCUT2D eigenvalue weighted by molar-refractivity contribution is 5.49. The molecule has 0 saturated heterocycles. The first-order chi connectivity index (χ1) is 11.1. The molecule has 2 rings (SSSR count). The Morgan fingerprint density at radius 2 is 1.74 bits per heavy atom. The molecule has 0 aliphatic heterocycles. The fraction of sp³-hybridized carbons (Fsp3) is 0.471. The van der Waals surface area contributed by atoms with Crippen LogP contribution in [0.4, 0.5) is 5.95 Å². The van der Waals surface area contributed by atoms with E-state index in [1.807, 2.05) is 13.0 Å². The number of hydrogen-bond acceptors (Lipinski definition) is 5. The van der Waals surface area contributed by atoms with Crippen molar-refractivity contribution in [2.45, 2.75) is 47.0 Å². The first kappa shape index (κ1) is 17.1. The van der Waals surface area contributed by atoms with Crippen LogP contribution in [0.1, 0.15) is 44.1 Å². The van der Waals surface area contributed by atoms with Crippen molar-refractivity contribution in [3.63, 3.8) is 0 Å². The molecule has 124 valence electrons. The van der Waals surface area contributed by atoms with Crippen LogP contribution in [0.15, 0.2) is 23.0 Å². The molecule has 0 aliphatic carbocycles.